The van der Waals surface area contributed by atoms with Crippen LogP contribution in [0.25, 0.3) is 0 Å². The maximum atomic E-state index is 12.5. The molecule has 0 amide bonds. The fourth-order valence-corrected chi connectivity index (χ4v) is 0.984. The van der Waals surface area contributed by atoms with Gasteiger partial charge in [-0.2, -0.15) is 0 Å². The Balaban J connectivity index is 3.04. The van der Waals surface area contributed by atoms with Crippen molar-refractivity contribution in [2.24, 2.45) is 0 Å². The molecule has 0 radical (unpaired) electrons. The maximum absolute atomic E-state index is 12.5. The summed E-state index contributed by atoms with van der Waals surface area (Å²) in [5.74, 6) is -0.651. The van der Waals surface area contributed by atoms with Crippen molar-refractivity contribution in [3.63, 3.8) is 0 Å². The zero-order valence-electron chi connectivity index (χ0n) is 5.97. The lowest BCUT2D eigenvalue weighted by atomic mass is 10.2. The second-order valence-electron chi connectivity index (χ2n) is 2.20. The van der Waals surface area contributed by atoms with Crippen LogP contribution in [0, 0.1) is 5.82 Å². The predicted octanol–water partition coefficient (Wildman–Crippen LogP) is 1.88. The Morgan fingerprint density at radius 3 is 2.92 bits per heavy atom. The minimum atomic E-state index is -1.40. The van der Waals surface area contributed by atoms with Crippen LogP contribution in [0.3, 0.4) is 0 Å². The molecule has 1 aromatic heterocycles. The highest BCUT2D eigenvalue weighted by Crippen LogP contribution is 2.21. The third kappa shape index (κ3) is 1.89. The van der Waals surface area contributed by atoms with Crippen LogP contribution in [0.15, 0.2) is 12.3 Å². The van der Waals surface area contributed by atoms with Crippen LogP contribution in [0.5, 0.6) is 0 Å². The molecular weight excluding hydrogens is 188 g/mol. The number of aliphatic hydroxyl groups excluding tert-OH is 1. The van der Waals surface area contributed by atoms with Crippen molar-refractivity contribution < 1.29 is 13.9 Å². The lowest BCUT2D eigenvalue weighted by Crippen LogP contribution is -2.02. The highest BCUT2D eigenvalue weighted by atomic mass is 35.5. The second kappa shape index (κ2) is 3.78. The third-order valence-corrected chi connectivity index (χ3v) is 1.65. The summed E-state index contributed by atoms with van der Waals surface area (Å²) in [4.78, 5) is 3.41. The average Bonchev–Trinajstić information content (AvgIpc) is 2.08. The Labute approximate surface area is 72.8 Å². The molecule has 0 aliphatic carbocycles. The predicted molar refractivity (Wildman–Crippen MR) is 40.1 cm³/mol. The molecule has 12 heavy (non-hydrogen) atoms. The van der Waals surface area contributed by atoms with Crippen molar-refractivity contribution in [3.05, 3.63) is 28.8 Å². The smallest absolute Gasteiger partial charge is 0.141 e. The minimum absolute atomic E-state index is 0.0285. The number of halogens is 3. The molecule has 1 aromatic rings. The van der Waals surface area contributed by atoms with Crippen LogP contribution >= 0.6 is 11.6 Å². The summed E-state index contributed by atoms with van der Waals surface area (Å²) in [5, 5.41) is 8.89. The largest absolute Gasteiger partial charge is 0.386 e. The Hall–Kier alpha value is -0.740. The molecular formula is C7H6ClF2NO. The van der Waals surface area contributed by atoms with E-state index in [0.717, 1.165) is 12.3 Å². The van der Waals surface area contributed by atoms with Gasteiger partial charge in [0.1, 0.15) is 23.7 Å². The summed E-state index contributed by atoms with van der Waals surface area (Å²) in [6.07, 6.45) is -0.503. The molecule has 1 rings (SSSR count). The maximum Gasteiger partial charge on any atom is 0.141 e. The van der Waals surface area contributed by atoms with E-state index in [1.54, 1.807) is 0 Å². The van der Waals surface area contributed by atoms with Gasteiger partial charge in [-0.25, -0.2) is 13.8 Å². The van der Waals surface area contributed by atoms with Gasteiger partial charge in [0.2, 0.25) is 0 Å². The van der Waals surface area contributed by atoms with Gasteiger partial charge in [0.15, 0.2) is 0 Å². The molecule has 0 bridgehead atoms. The van der Waals surface area contributed by atoms with Gasteiger partial charge in [-0.1, -0.05) is 11.6 Å². The highest BCUT2D eigenvalue weighted by molar-refractivity contribution is 6.30. The molecule has 0 spiro atoms. The average molecular weight is 194 g/mol. The normalized spacial score (nSPS) is 13.0. The van der Waals surface area contributed by atoms with Gasteiger partial charge in [0.05, 0.1) is 6.20 Å². The van der Waals surface area contributed by atoms with Crippen LogP contribution in [0.2, 0.25) is 5.15 Å². The van der Waals surface area contributed by atoms with Crippen molar-refractivity contribution in [1.82, 2.24) is 4.98 Å². The highest BCUT2D eigenvalue weighted by Gasteiger charge is 2.12. The van der Waals surface area contributed by atoms with Crippen LogP contribution in [-0.4, -0.2) is 16.8 Å². The molecule has 0 fully saturated rings. The monoisotopic (exact) mass is 193 g/mol. The van der Waals surface area contributed by atoms with E-state index in [2.05, 4.69) is 4.98 Å². The second-order valence-corrected chi connectivity index (χ2v) is 2.56. The molecule has 1 atom stereocenters. The van der Waals surface area contributed by atoms with Crippen molar-refractivity contribution in [1.29, 1.82) is 0 Å². The summed E-state index contributed by atoms with van der Waals surface area (Å²) >= 11 is 5.47. The SMILES string of the molecule is O[C@@H](CF)c1cc(F)cnc1Cl. The zero-order valence-corrected chi connectivity index (χ0v) is 6.72. The molecule has 5 heteroatoms. The van der Waals surface area contributed by atoms with E-state index in [4.69, 9.17) is 16.7 Å². The first-order valence-electron chi connectivity index (χ1n) is 3.20. The van der Waals surface area contributed by atoms with E-state index in [9.17, 15) is 8.78 Å². The van der Waals surface area contributed by atoms with E-state index in [1.807, 2.05) is 0 Å². The molecule has 0 aromatic carbocycles. The topological polar surface area (TPSA) is 33.1 Å². The lowest BCUT2D eigenvalue weighted by Gasteiger charge is -2.06. The first kappa shape index (κ1) is 9.35. The van der Waals surface area contributed by atoms with Gasteiger partial charge in [-0.05, 0) is 6.07 Å². The number of hydrogen-bond donors (Lipinski definition) is 1. The van der Waals surface area contributed by atoms with E-state index in [-0.39, 0.29) is 10.7 Å². The van der Waals surface area contributed by atoms with Crippen LogP contribution in [0.4, 0.5) is 8.78 Å². The summed E-state index contributed by atoms with van der Waals surface area (Å²) in [5.41, 5.74) is -0.0285. The number of aromatic nitrogens is 1. The van der Waals surface area contributed by atoms with Crippen molar-refractivity contribution in [3.8, 4) is 0 Å². The van der Waals surface area contributed by atoms with Gasteiger partial charge in [-0.15, -0.1) is 0 Å². The molecule has 66 valence electrons. The number of nitrogens with zero attached hydrogens (tertiary/aromatic N) is 1. The van der Waals surface area contributed by atoms with Gasteiger partial charge in [-0.3, -0.25) is 0 Å². The van der Waals surface area contributed by atoms with Gasteiger partial charge in [0, 0.05) is 5.56 Å². The van der Waals surface area contributed by atoms with Crippen LogP contribution in [0.1, 0.15) is 11.7 Å². The van der Waals surface area contributed by atoms with E-state index in [1.165, 1.54) is 0 Å². The number of aliphatic hydroxyl groups is 1. The van der Waals surface area contributed by atoms with Crippen LogP contribution < -0.4 is 0 Å². The minimum Gasteiger partial charge on any atom is -0.386 e. The summed E-state index contributed by atoms with van der Waals surface area (Å²) < 4.78 is 24.4. The Morgan fingerprint density at radius 1 is 1.67 bits per heavy atom. The Kier molecular flexibility index (Phi) is 2.94. The van der Waals surface area contributed by atoms with Crippen molar-refractivity contribution in [2.75, 3.05) is 6.67 Å². The summed E-state index contributed by atoms with van der Waals surface area (Å²) in [6.45, 7) is -1.01. The van der Waals surface area contributed by atoms with E-state index >= 15 is 0 Å². The third-order valence-electron chi connectivity index (χ3n) is 1.34. The Morgan fingerprint density at radius 2 is 2.33 bits per heavy atom. The quantitative estimate of drug-likeness (QED) is 0.728. The lowest BCUT2D eigenvalue weighted by molar-refractivity contribution is 0.141. The first-order valence-corrected chi connectivity index (χ1v) is 3.58. The number of alkyl halides is 1. The standard InChI is InChI=1S/C7H6ClF2NO/c8-7-5(6(12)2-9)1-4(10)3-11-7/h1,3,6,12H,2H2/t6-/m0/s1. The molecule has 0 aliphatic rings. The van der Waals surface area contributed by atoms with Gasteiger partial charge in [0.25, 0.3) is 0 Å². The van der Waals surface area contributed by atoms with Crippen molar-refractivity contribution in [2.45, 2.75) is 6.10 Å². The fraction of sp³-hybridized carbons (Fsp3) is 0.286. The molecule has 2 nitrogen and oxygen atoms in total. The van der Waals surface area contributed by atoms with E-state index in [0.29, 0.717) is 0 Å². The van der Waals surface area contributed by atoms with Crippen molar-refractivity contribution >= 4 is 11.6 Å². The molecule has 0 aliphatic heterocycles. The number of rotatable bonds is 2. The van der Waals surface area contributed by atoms with Crippen LogP contribution in [-0.2, 0) is 0 Å². The summed E-state index contributed by atoms with van der Waals surface area (Å²) in [7, 11) is 0. The summed E-state index contributed by atoms with van der Waals surface area (Å²) in [6, 6.07) is 0.958. The van der Waals surface area contributed by atoms with Gasteiger partial charge >= 0.3 is 0 Å². The molecule has 0 saturated carbocycles. The fourth-order valence-electron chi connectivity index (χ4n) is 0.755. The zero-order chi connectivity index (χ0) is 9.14. The first-order chi connectivity index (χ1) is 5.65. The Bertz CT molecular complexity index is 282. The van der Waals surface area contributed by atoms with Gasteiger partial charge < -0.3 is 5.11 Å². The number of hydrogen-bond acceptors (Lipinski definition) is 2. The molecule has 0 saturated heterocycles. The molecule has 1 heterocycles. The molecule has 0 unspecified atom stereocenters. The molecule has 1 N–H and O–H groups in total. The van der Waals surface area contributed by atoms with E-state index < -0.39 is 18.6 Å². The number of pyridine rings is 1.